The predicted octanol–water partition coefficient (Wildman–Crippen LogP) is 2.56. The molecule has 0 aliphatic carbocycles. The van der Waals surface area contributed by atoms with E-state index in [0.29, 0.717) is 43.2 Å². The van der Waals surface area contributed by atoms with Crippen LogP contribution >= 0.6 is 23.8 Å². The highest BCUT2D eigenvalue weighted by atomic mass is 35.5. The molecule has 0 spiro atoms. The van der Waals surface area contributed by atoms with Crippen molar-refractivity contribution in [2.45, 2.75) is 26.7 Å². The number of amides is 2. The SMILES string of the molecule is CCOC(=O)C1CCN(/C=C2\C(=O)NC(=S)N(c3ccc(C)c(Cl)c3)C2=O)CC1. The van der Waals surface area contributed by atoms with E-state index in [9.17, 15) is 14.4 Å². The van der Waals surface area contributed by atoms with E-state index < -0.39 is 11.8 Å². The molecule has 2 amide bonds. The Bertz CT molecular complexity index is 894. The number of benzene rings is 1. The Labute approximate surface area is 179 Å². The normalized spacial score (nSPS) is 19.6. The minimum atomic E-state index is -0.540. The molecule has 1 N–H and O–H groups in total. The standard InChI is InChI=1S/C20H22ClN3O4S/c1-3-28-19(27)13-6-8-23(9-7-13)11-15-17(25)22-20(29)24(18(15)26)14-5-4-12(2)16(21)10-14/h4-5,10-11,13H,3,6-9H2,1-2H3,(H,22,25,29)/b15-11+. The molecule has 0 saturated carbocycles. The van der Waals surface area contributed by atoms with Crippen molar-refractivity contribution in [3.05, 3.63) is 40.6 Å². The smallest absolute Gasteiger partial charge is 0.309 e. The molecule has 0 unspecified atom stereocenters. The molecule has 29 heavy (non-hydrogen) atoms. The zero-order valence-corrected chi connectivity index (χ0v) is 17.8. The minimum Gasteiger partial charge on any atom is -0.466 e. The molecular weight excluding hydrogens is 414 g/mol. The molecule has 1 aromatic carbocycles. The first-order valence-electron chi connectivity index (χ1n) is 9.40. The molecule has 0 radical (unpaired) electrons. The van der Waals surface area contributed by atoms with Gasteiger partial charge in [-0.15, -0.1) is 0 Å². The zero-order valence-electron chi connectivity index (χ0n) is 16.2. The number of nitrogens with zero attached hydrogens (tertiary/aromatic N) is 2. The van der Waals surface area contributed by atoms with Crippen molar-refractivity contribution in [3.63, 3.8) is 0 Å². The quantitative estimate of drug-likeness (QED) is 0.339. The van der Waals surface area contributed by atoms with Gasteiger partial charge < -0.3 is 9.64 Å². The molecule has 0 bridgehead atoms. The molecule has 154 valence electrons. The number of rotatable bonds is 4. The lowest BCUT2D eigenvalue weighted by molar-refractivity contribution is -0.149. The Hall–Kier alpha value is -2.45. The molecule has 2 aliphatic rings. The number of halogens is 1. The van der Waals surface area contributed by atoms with Gasteiger partial charge >= 0.3 is 5.97 Å². The van der Waals surface area contributed by atoms with Crippen LogP contribution in [-0.2, 0) is 19.1 Å². The summed E-state index contributed by atoms with van der Waals surface area (Å²) >= 11 is 11.4. The first kappa shape index (κ1) is 21.3. The summed E-state index contributed by atoms with van der Waals surface area (Å²) < 4.78 is 5.07. The third kappa shape index (κ3) is 4.59. The molecule has 1 aromatic rings. The zero-order chi connectivity index (χ0) is 21.1. The molecule has 9 heteroatoms. The molecule has 2 saturated heterocycles. The second-order valence-electron chi connectivity index (χ2n) is 6.94. The number of carbonyl (C=O) groups is 3. The van der Waals surface area contributed by atoms with Crippen molar-refractivity contribution in [2.75, 3.05) is 24.6 Å². The summed E-state index contributed by atoms with van der Waals surface area (Å²) in [6.07, 6.45) is 2.76. The number of anilines is 1. The predicted molar refractivity (Wildman–Crippen MR) is 113 cm³/mol. The van der Waals surface area contributed by atoms with E-state index in [1.165, 1.54) is 4.90 Å². The number of hydrogen-bond donors (Lipinski definition) is 1. The van der Waals surface area contributed by atoms with Gasteiger partial charge in [0.05, 0.1) is 18.2 Å². The highest BCUT2D eigenvalue weighted by Crippen LogP contribution is 2.27. The van der Waals surface area contributed by atoms with Crippen molar-refractivity contribution in [1.29, 1.82) is 0 Å². The monoisotopic (exact) mass is 435 g/mol. The summed E-state index contributed by atoms with van der Waals surface area (Å²) in [6.45, 7) is 5.09. The van der Waals surface area contributed by atoms with Gasteiger partial charge in [0.2, 0.25) is 0 Å². The highest BCUT2D eigenvalue weighted by molar-refractivity contribution is 7.80. The van der Waals surface area contributed by atoms with Crippen molar-refractivity contribution in [3.8, 4) is 0 Å². The average molecular weight is 436 g/mol. The van der Waals surface area contributed by atoms with E-state index in [1.54, 1.807) is 31.3 Å². The summed E-state index contributed by atoms with van der Waals surface area (Å²) in [6, 6.07) is 5.15. The lowest BCUT2D eigenvalue weighted by atomic mass is 9.97. The van der Waals surface area contributed by atoms with E-state index in [1.807, 2.05) is 11.8 Å². The molecule has 0 atom stereocenters. The number of piperidine rings is 1. The number of aryl methyl sites for hydroxylation is 1. The Morgan fingerprint density at radius 2 is 2.03 bits per heavy atom. The van der Waals surface area contributed by atoms with Crippen LogP contribution in [0.25, 0.3) is 0 Å². The molecule has 0 aromatic heterocycles. The lowest BCUT2D eigenvalue weighted by Gasteiger charge is -2.33. The molecular formula is C20H22ClN3O4S. The van der Waals surface area contributed by atoms with E-state index in [4.69, 9.17) is 28.6 Å². The van der Waals surface area contributed by atoms with Gasteiger partial charge in [-0.05, 0) is 56.6 Å². The summed E-state index contributed by atoms with van der Waals surface area (Å²) in [5.74, 6) is -1.40. The van der Waals surface area contributed by atoms with E-state index >= 15 is 0 Å². The van der Waals surface area contributed by atoms with Crippen LogP contribution in [0.3, 0.4) is 0 Å². The lowest BCUT2D eigenvalue weighted by Crippen LogP contribution is -2.54. The Kier molecular flexibility index (Phi) is 6.54. The molecule has 2 aliphatic heterocycles. The van der Waals surface area contributed by atoms with Gasteiger partial charge in [0.25, 0.3) is 11.8 Å². The summed E-state index contributed by atoms with van der Waals surface area (Å²) in [5.41, 5.74) is 1.35. The first-order valence-corrected chi connectivity index (χ1v) is 10.2. The number of esters is 1. The van der Waals surface area contributed by atoms with Gasteiger partial charge in [0, 0.05) is 24.3 Å². The maximum atomic E-state index is 13.0. The first-order chi connectivity index (χ1) is 13.8. The second kappa shape index (κ2) is 8.92. The van der Waals surface area contributed by atoms with Gasteiger partial charge in [0.1, 0.15) is 5.57 Å². The number of ether oxygens (including phenoxy) is 1. The highest BCUT2D eigenvalue weighted by Gasteiger charge is 2.36. The van der Waals surface area contributed by atoms with Crippen LogP contribution in [0, 0.1) is 12.8 Å². The van der Waals surface area contributed by atoms with Crippen molar-refractivity contribution >= 4 is 52.4 Å². The van der Waals surface area contributed by atoms with Crippen LogP contribution in [0.1, 0.15) is 25.3 Å². The topological polar surface area (TPSA) is 79.0 Å². The van der Waals surface area contributed by atoms with Gasteiger partial charge in [-0.3, -0.25) is 24.6 Å². The fourth-order valence-corrected chi connectivity index (χ4v) is 3.76. The maximum absolute atomic E-state index is 13.0. The van der Waals surface area contributed by atoms with E-state index in [-0.39, 0.29) is 22.6 Å². The third-order valence-electron chi connectivity index (χ3n) is 4.98. The molecule has 2 heterocycles. The molecule has 7 nitrogen and oxygen atoms in total. The van der Waals surface area contributed by atoms with Gasteiger partial charge in [-0.1, -0.05) is 17.7 Å². The van der Waals surface area contributed by atoms with Crippen LogP contribution in [0.15, 0.2) is 30.0 Å². The van der Waals surface area contributed by atoms with Crippen LogP contribution in [0.4, 0.5) is 5.69 Å². The fraction of sp³-hybridized carbons (Fsp3) is 0.400. The Balaban J connectivity index is 1.77. The average Bonchev–Trinajstić information content (AvgIpc) is 2.68. The minimum absolute atomic E-state index is 0.00937. The number of nitrogens with one attached hydrogen (secondary N) is 1. The fourth-order valence-electron chi connectivity index (χ4n) is 3.31. The van der Waals surface area contributed by atoms with E-state index in [2.05, 4.69) is 5.32 Å². The number of thiocarbonyl (C=S) groups is 1. The van der Waals surface area contributed by atoms with Crippen LogP contribution in [0.2, 0.25) is 5.02 Å². The molecule has 2 fully saturated rings. The molecule has 3 rings (SSSR count). The number of carbonyl (C=O) groups excluding carboxylic acids is 3. The number of likely N-dealkylation sites (tertiary alicyclic amines) is 1. The van der Waals surface area contributed by atoms with E-state index in [0.717, 1.165) is 5.56 Å². The van der Waals surface area contributed by atoms with Crippen molar-refractivity contribution < 1.29 is 19.1 Å². The summed E-state index contributed by atoms with van der Waals surface area (Å²) in [4.78, 5) is 40.5. The Morgan fingerprint density at radius 1 is 1.34 bits per heavy atom. The number of hydrogen-bond acceptors (Lipinski definition) is 6. The maximum Gasteiger partial charge on any atom is 0.309 e. The third-order valence-corrected chi connectivity index (χ3v) is 5.67. The van der Waals surface area contributed by atoms with Crippen LogP contribution in [0.5, 0.6) is 0 Å². The largest absolute Gasteiger partial charge is 0.466 e. The van der Waals surface area contributed by atoms with Gasteiger partial charge in [-0.25, -0.2) is 0 Å². The van der Waals surface area contributed by atoms with Crippen LogP contribution in [-0.4, -0.2) is 47.5 Å². The van der Waals surface area contributed by atoms with Gasteiger partial charge in [-0.2, -0.15) is 0 Å². The Morgan fingerprint density at radius 3 is 2.66 bits per heavy atom. The summed E-state index contributed by atoms with van der Waals surface area (Å²) in [5, 5.41) is 3.07. The van der Waals surface area contributed by atoms with Gasteiger partial charge in [0.15, 0.2) is 5.11 Å². The summed E-state index contributed by atoms with van der Waals surface area (Å²) in [7, 11) is 0. The van der Waals surface area contributed by atoms with Crippen LogP contribution < -0.4 is 10.2 Å². The van der Waals surface area contributed by atoms with Crippen molar-refractivity contribution in [2.24, 2.45) is 5.92 Å². The second-order valence-corrected chi connectivity index (χ2v) is 7.73. The van der Waals surface area contributed by atoms with Crippen molar-refractivity contribution in [1.82, 2.24) is 10.2 Å².